The topological polar surface area (TPSA) is 52.6 Å². The number of likely N-dealkylation sites (N-methyl/N-ethyl adjacent to an activating group) is 1. The summed E-state index contributed by atoms with van der Waals surface area (Å²) in [6.07, 6.45) is 0. The maximum absolute atomic E-state index is 11.9. The Labute approximate surface area is 122 Å². The van der Waals surface area contributed by atoms with Crippen LogP contribution in [0.25, 0.3) is 0 Å². The lowest BCUT2D eigenvalue weighted by Gasteiger charge is -2.22. The minimum atomic E-state index is -0.0875. The van der Waals surface area contributed by atoms with Gasteiger partial charge in [0.2, 0.25) is 0 Å². The molecule has 1 aromatic heterocycles. The van der Waals surface area contributed by atoms with E-state index < -0.39 is 0 Å². The summed E-state index contributed by atoms with van der Waals surface area (Å²) in [6.45, 7) is 3.62. The Morgan fingerprint density at radius 1 is 1.30 bits per heavy atom. The number of aliphatic hydroxyl groups excluding tert-OH is 1. The number of carbonyl (C=O) groups is 1. The van der Waals surface area contributed by atoms with E-state index in [2.05, 4.69) is 10.2 Å². The molecule has 2 aromatic rings. The predicted octanol–water partition coefficient (Wildman–Crippen LogP) is 2.82. The van der Waals surface area contributed by atoms with Crippen LogP contribution in [-0.4, -0.2) is 30.7 Å². The van der Waals surface area contributed by atoms with Crippen molar-refractivity contribution in [3.63, 3.8) is 0 Å². The van der Waals surface area contributed by atoms with E-state index in [4.69, 9.17) is 5.11 Å². The molecular weight excluding hydrogens is 272 g/mol. The maximum atomic E-state index is 11.9. The molecule has 106 valence electrons. The largest absolute Gasteiger partial charge is 0.395 e. The van der Waals surface area contributed by atoms with Crippen molar-refractivity contribution in [3.8, 4) is 0 Å². The zero-order valence-electron chi connectivity index (χ0n) is 11.4. The molecular formula is C15H18N2O2S. The van der Waals surface area contributed by atoms with Gasteiger partial charge in [-0.3, -0.25) is 4.79 Å². The normalized spacial score (nSPS) is 10.3. The van der Waals surface area contributed by atoms with Crippen LogP contribution in [0.5, 0.6) is 0 Å². The van der Waals surface area contributed by atoms with Gasteiger partial charge in [-0.05, 0) is 42.6 Å². The summed E-state index contributed by atoms with van der Waals surface area (Å²) >= 11 is 1.42. The van der Waals surface area contributed by atoms with E-state index in [0.717, 1.165) is 17.9 Å². The number of amides is 1. The number of hydrogen-bond acceptors (Lipinski definition) is 4. The fourth-order valence-electron chi connectivity index (χ4n) is 1.95. The highest BCUT2D eigenvalue weighted by Gasteiger charge is 2.07. The van der Waals surface area contributed by atoms with Crippen molar-refractivity contribution in [2.45, 2.75) is 6.92 Å². The quantitative estimate of drug-likeness (QED) is 0.860. The molecule has 5 heteroatoms. The van der Waals surface area contributed by atoms with Gasteiger partial charge in [0.25, 0.3) is 5.91 Å². The first-order chi connectivity index (χ1) is 9.74. The molecule has 20 heavy (non-hydrogen) atoms. The Balaban J connectivity index is 2.03. The summed E-state index contributed by atoms with van der Waals surface area (Å²) in [5.41, 5.74) is 1.81. The van der Waals surface area contributed by atoms with Gasteiger partial charge in [-0.2, -0.15) is 0 Å². The van der Waals surface area contributed by atoms with Gasteiger partial charge in [0.1, 0.15) is 0 Å². The molecule has 0 saturated carbocycles. The number of thiophene rings is 1. The Bertz CT molecular complexity index is 538. The number of carbonyl (C=O) groups excluding carboxylic acids is 1. The second kappa shape index (κ2) is 7.07. The lowest BCUT2D eigenvalue weighted by atomic mass is 10.2. The van der Waals surface area contributed by atoms with Crippen molar-refractivity contribution >= 4 is 28.6 Å². The number of aliphatic hydroxyl groups is 1. The lowest BCUT2D eigenvalue weighted by Crippen LogP contribution is -2.26. The third-order valence-electron chi connectivity index (χ3n) is 2.99. The highest BCUT2D eigenvalue weighted by molar-refractivity contribution is 7.12. The zero-order chi connectivity index (χ0) is 14.4. The van der Waals surface area contributed by atoms with Crippen LogP contribution in [0.3, 0.4) is 0 Å². The van der Waals surface area contributed by atoms with Gasteiger partial charge in [-0.15, -0.1) is 11.3 Å². The van der Waals surface area contributed by atoms with Crippen LogP contribution in [0.2, 0.25) is 0 Å². The second-order valence-corrected chi connectivity index (χ2v) is 5.23. The van der Waals surface area contributed by atoms with E-state index in [0.29, 0.717) is 11.4 Å². The fourth-order valence-corrected chi connectivity index (χ4v) is 2.57. The summed E-state index contributed by atoms with van der Waals surface area (Å²) in [5, 5.41) is 13.8. The van der Waals surface area contributed by atoms with Crippen LogP contribution in [0.1, 0.15) is 16.6 Å². The fraction of sp³-hybridized carbons (Fsp3) is 0.267. The Morgan fingerprint density at radius 3 is 2.60 bits per heavy atom. The average Bonchev–Trinajstić information content (AvgIpc) is 3.00. The van der Waals surface area contributed by atoms with E-state index in [1.54, 1.807) is 6.07 Å². The van der Waals surface area contributed by atoms with E-state index in [1.165, 1.54) is 11.3 Å². The smallest absolute Gasteiger partial charge is 0.265 e. The van der Waals surface area contributed by atoms with Crippen molar-refractivity contribution in [3.05, 3.63) is 46.7 Å². The molecule has 0 radical (unpaired) electrons. The summed E-state index contributed by atoms with van der Waals surface area (Å²) < 4.78 is 0. The lowest BCUT2D eigenvalue weighted by molar-refractivity contribution is 0.103. The number of anilines is 2. The molecule has 4 nitrogen and oxygen atoms in total. The van der Waals surface area contributed by atoms with Gasteiger partial charge >= 0.3 is 0 Å². The van der Waals surface area contributed by atoms with E-state index >= 15 is 0 Å². The molecule has 1 heterocycles. The molecule has 0 saturated heterocycles. The Kier molecular flexibility index (Phi) is 5.15. The third kappa shape index (κ3) is 3.59. The van der Waals surface area contributed by atoms with Crippen molar-refractivity contribution in [1.82, 2.24) is 0 Å². The minimum absolute atomic E-state index is 0.0875. The minimum Gasteiger partial charge on any atom is -0.395 e. The number of nitrogens with one attached hydrogen (secondary N) is 1. The molecule has 0 spiro atoms. The van der Waals surface area contributed by atoms with Crippen LogP contribution in [-0.2, 0) is 0 Å². The average molecular weight is 290 g/mol. The van der Waals surface area contributed by atoms with Gasteiger partial charge in [0, 0.05) is 24.5 Å². The second-order valence-electron chi connectivity index (χ2n) is 4.28. The molecule has 1 aromatic carbocycles. The third-order valence-corrected chi connectivity index (χ3v) is 3.86. The van der Waals surface area contributed by atoms with Crippen molar-refractivity contribution in [2.24, 2.45) is 0 Å². The first-order valence-electron chi connectivity index (χ1n) is 6.55. The predicted molar refractivity (Wildman–Crippen MR) is 83.7 cm³/mol. The van der Waals surface area contributed by atoms with Gasteiger partial charge in [-0.25, -0.2) is 0 Å². The van der Waals surface area contributed by atoms with Crippen LogP contribution in [0.15, 0.2) is 41.8 Å². The SMILES string of the molecule is CCN(CCO)c1ccc(NC(=O)c2cccs2)cc1. The maximum Gasteiger partial charge on any atom is 0.265 e. The van der Waals surface area contributed by atoms with Crippen LogP contribution in [0.4, 0.5) is 11.4 Å². The summed E-state index contributed by atoms with van der Waals surface area (Å²) in [7, 11) is 0. The molecule has 0 atom stereocenters. The summed E-state index contributed by atoms with van der Waals surface area (Å²) in [5.74, 6) is -0.0875. The van der Waals surface area contributed by atoms with Crippen LogP contribution >= 0.6 is 11.3 Å². The van der Waals surface area contributed by atoms with Crippen molar-refractivity contribution in [1.29, 1.82) is 0 Å². The molecule has 0 fully saturated rings. The van der Waals surface area contributed by atoms with Gasteiger partial charge < -0.3 is 15.3 Å². The van der Waals surface area contributed by atoms with Crippen molar-refractivity contribution in [2.75, 3.05) is 29.9 Å². The van der Waals surface area contributed by atoms with Gasteiger partial charge in [-0.1, -0.05) is 6.07 Å². The molecule has 0 bridgehead atoms. The molecule has 0 aliphatic carbocycles. The highest BCUT2D eigenvalue weighted by atomic mass is 32.1. The molecule has 0 aliphatic heterocycles. The summed E-state index contributed by atoms with van der Waals surface area (Å²) in [6, 6.07) is 11.3. The van der Waals surface area contributed by atoms with Gasteiger partial charge in [0.15, 0.2) is 0 Å². The van der Waals surface area contributed by atoms with Gasteiger partial charge in [0.05, 0.1) is 11.5 Å². The standard InChI is InChI=1S/C15H18N2O2S/c1-2-17(9-10-18)13-7-5-12(6-8-13)16-15(19)14-4-3-11-20-14/h3-8,11,18H,2,9-10H2,1H3,(H,16,19). The molecule has 2 N–H and O–H groups in total. The molecule has 1 amide bonds. The highest BCUT2D eigenvalue weighted by Crippen LogP contribution is 2.19. The monoisotopic (exact) mass is 290 g/mol. The molecule has 0 aliphatic rings. The Morgan fingerprint density at radius 2 is 2.05 bits per heavy atom. The first-order valence-corrected chi connectivity index (χ1v) is 7.43. The van der Waals surface area contributed by atoms with E-state index in [1.807, 2.05) is 42.6 Å². The number of nitrogens with zero attached hydrogens (tertiary/aromatic N) is 1. The van der Waals surface area contributed by atoms with Crippen LogP contribution < -0.4 is 10.2 Å². The van der Waals surface area contributed by atoms with E-state index in [-0.39, 0.29) is 12.5 Å². The van der Waals surface area contributed by atoms with Crippen molar-refractivity contribution < 1.29 is 9.90 Å². The molecule has 2 rings (SSSR count). The number of hydrogen-bond donors (Lipinski definition) is 2. The Hall–Kier alpha value is -1.85. The summed E-state index contributed by atoms with van der Waals surface area (Å²) in [4.78, 5) is 14.7. The number of benzene rings is 1. The first kappa shape index (κ1) is 14.6. The van der Waals surface area contributed by atoms with E-state index in [9.17, 15) is 4.79 Å². The zero-order valence-corrected chi connectivity index (χ0v) is 12.2. The van der Waals surface area contributed by atoms with Crippen LogP contribution in [0, 0.1) is 0 Å². The number of rotatable bonds is 6. The molecule has 0 unspecified atom stereocenters.